The van der Waals surface area contributed by atoms with E-state index < -0.39 is 0 Å². The van der Waals surface area contributed by atoms with E-state index >= 15 is 0 Å². The molecule has 54 valence electrons. The molecule has 2 unspecified atom stereocenters. The second-order valence-corrected chi connectivity index (χ2v) is 2.60. The summed E-state index contributed by atoms with van der Waals surface area (Å²) >= 11 is 0. The van der Waals surface area contributed by atoms with Crippen molar-refractivity contribution in [2.75, 3.05) is 19.7 Å². The summed E-state index contributed by atoms with van der Waals surface area (Å²) < 4.78 is 0. The summed E-state index contributed by atoms with van der Waals surface area (Å²) in [5, 5.41) is 20.7. The van der Waals surface area contributed by atoms with Gasteiger partial charge in [0.1, 0.15) is 0 Å². The van der Waals surface area contributed by atoms with Gasteiger partial charge in [0.25, 0.3) is 0 Å². The van der Waals surface area contributed by atoms with Crippen molar-refractivity contribution in [1.82, 2.24) is 5.32 Å². The third-order valence-corrected chi connectivity index (χ3v) is 1.68. The highest BCUT2D eigenvalue weighted by Gasteiger charge is 2.17. The monoisotopic (exact) mass is 131 g/mol. The minimum absolute atomic E-state index is 0.185. The van der Waals surface area contributed by atoms with Gasteiger partial charge in [-0.05, 0) is 12.3 Å². The molecule has 0 bridgehead atoms. The van der Waals surface area contributed by atoms with Gasteiger partial charge in [-0.15, -0.1) is 0 Å². The predicted octanol–water partition coefficient (Wildman–Crippen LogP) is -1.05. The Morgan fingerprint density at radius 3 is 2.67 bits per heavy atom. The van der Waals surface area contributed by atoms with Crippen molar-refractivity contribution in [2.24, 2.45) is 5.92 Å². The van der Waals surface area contributed by atoms with Crippen molar-refractivity contribution >= 4 is 0 Å². The van der Waals surface area contributed by atoms with Gasteiger partial charge in [0, 0.05) is 19.7 Å². The van der Waals surface area contributed by atoms with Crippen molar-refractivity contribution in [3.63, 3.8) is 0 Å². The zero-order valence-electron chi connectivity index (χ0n) is 5.38. The summed E-state index contributed by atoms with van der Waals surface area (Å²) in [6.45, 7) is 1.70. The number of aliphatic hydroxyl groups is 2. The van der Waals surface area contributed by atoms with E-state index in [1.54, 1.807) is 0 Å². The minimum Gasteiger partial charge on any atom is -0.396 e. The van der Waals surface area contributed by atoms with Crippen molar-refractivity contribution in [3.8, 4) is 0 Å². The number of hydrogen-bond acceptors (Lipinski definition) is 3. The summed E-state index contributed by atoms with van der Waals surface area (Å²) in [4.78, 5) is 0. The predicted molar refractivity (Wildman–Crippen MR) is 34.1 cm³/mol. The Morgan fingerprint density at radius 1 is 1.44 bits per heavy atom. The lowest BCUT2D eigenvalue weighted by molar-refractivity contribution is 0.0879. The van der Waals surface area contributed by atoms with Crippen LogP contribution in [0.3, 0.4) is 0 Å². The Bertz CT molecular complexity index is 87.1. The number of rotatable bonds is 1. The molecule has 0 spiro atoms. The molecule has 2 atom stereocenters. The number of piperidine rings is 1. The zero-order chi connectivity index (χ0) is 6.69. The molecule has 1 aliphatic heterocycles. The molecule has 0 aromatic carbocycles. The lowest BCUT2D eigenvalue weighted by Gasteiger charge is -2.24. The summed E-state index contributed by atoms with van der Waals surface area (Å²) in [5.41, 5.74) is 0. The van der Waals surface area contributed by atoms with Crippen LogP contribution in [-0.4, -0.2) is 36.0 Å². The average Bonchev–Trinajstić information content (AvgIpc) is 1.88. The highest BCUT2D eigenvalue weighted by Crippen LogP contribution is 2.08. The molecular weight excluding hydrogens is 118 g/mol. The van der Waals surface area contributed by atoms with Gasteiger partial charge in [-0.3, -0.25) is 0 Å². The van der Waals surface area contributed by atoms with Gasteiger partial charge in [-0.1, -0.05) is 0 Å². The Morgan fingerprint density at radius 2 is 2.22 bits per heavy atom. The molecule has 0 amide bonds. The first-order valence-electron chi connectivity index (χ1n) is 3.32. The lowest BCUT2D eigenvalue weighted by atomic mass is 9.99. The third kappa shape index (κ3) is 1.93. The number of hydrogen-bond donors (Lipinski definition) is 3. The summed E-state index contributed by atoms with van der Waals surface area (Å²) in [6.07, 6.45) is 0.486. The molecule has 1 saturated heterocycles. The number of nitrogens with one attached hydrogen (secondary N) is 1. The van der Waals surface area contributed by atoms with Gasteiger partial charge in [0.2, 0.25) is 0 Å². The molecule has 0 aromatic heterocycles. The SMILES string of the molecule is OCC1CNCC(O)C1. The standard InChI is InChI=1S/C6H13NO2/c8-4-5-1-6(9)3-7-2-5/h5-9H,1-4H2. The first kappa shape index (κ1) is 6.99. The van der Waals surface area contributed by atoms with Gasteiger partial charge in [-0.25, -0.2) is 0 Å². The fourth-order valence-electron chi connectivity index (χ4n) is 1.14. The maximum absolute atomic E-state index is 9.04. The van der Waals surface area contributed by atoms with Gasteiger partial charge in [-0.2, -0.15) is 0 Å². The van der Waals surface area contributed by atoms with E-state index in [-0.39, 0.29) is 18.6 Å². The molecule has 1 fully saturated rings. The van der Waals surface area contributed by atoms with Crippen LogP contribution < -0.4 is 5.32 Å². The van der Waals surface area contributed by atoms with Crippen LogP contribution in [0, 0.1) is 5.92 Å². The van der Waals surface area contributed by atoms with Crippen LogP contribution in [0.4, 0.5) is 0 Å². The fourth-order valence-corrected chi connectivity index (χ4v) is 1.14. The third-order valence-electron chi connectivity index (χ3n) is 1.68. The molecule has 3 heteroatoms. The normalized spacial score (nSPS) is 36.7. The number of β-amino-alcohol motifs (C(OH)–C–C–N with tert-alkyl or cyclic N) is 1. The van der Waals surface area contributed by atoms with Gasteiger partial charge >= 0.3 is 0 Å². The topological polar surface area (TPSA) is 52.5 Å². The Balaban J connectivity index is 2.23. The highest BCUT2D eigenvalue weighted by molar-refractivity contribution is 4.74. The van der Waals surface area contributed by atoms with E-state index in [0.29, 0.717) is 6.54 Å². The first-order valence-corrected chi connectivity index (χ1v) is 3.32. The molecule has 1 aliphatic rings. The lowest BCUT2D eigenvalue weighted by Crippen LogP contribution is -2.40. The van der Waals surface area contributed by atoms with Gasteiger partial charge in [0.05, 0.1) is 6.10 Å². The van der Waals surface area contributed by atoms with E-state index in [1.165, 1.54) is 0 Å². The van der Waals surface area contributed by atoms with E-state index in [9.17, 15) is 0 Å². The van der Waals surface area contributed by atoms with E-state index in [4.69, 9.17) is 10.2 Å². The second kappa shape index (κ2) is 3.15. The van der Waals surface area contributed by atoms with Crippen molar-refractivity contribution < 1.29 is 10.2 Å². The summed E-state index contributed by atoms with van der Waals surface area (Å²) in [6, 6.07) is 0. The molecule has 1 heterocycles. The average molecular weight is 131 g/mol. The Hall–Kier alpha value is -0.120. The fraction of sp³-hybridized carbons (Fsp3) is 1.00. The maximum Gasteiger partial charge on any atom is 0.0668 e. The van der Waals surface area contributed by atoms with Crippen LogP contribution in [0.1, 0.15) is 6.42 Å². The van der Waals surface area contributed by atoms with Crippen molar-refractivity contribution in [1.29, 1.82) is 0 Å². The summed E-state index contributed by atoms with van der Waals surface area (Å²) in [5.74, 6) is 0.258. The molecule has 0 radical (unpaired) electrons. The van der Waals surface area contributed by atoms with Crippen LogP contribution in [0.25, 0.3) is 0 Å². The molecule has 9 heavy (non-hydrogen) atoms. The quantitative estimate of drug-likeness (QED) is 0.425. The highest BCUT2D eigenvalue weighted by atomic mass is 16.3. The van der Waals surface area contributed by atoms with Crippen LogP contribution in [0.2, 0.25) is 0 Å². The smallest absolute Gasteiger partial charge is 0.0668 e. The summed E-state index contributed by atoms with van der Waals surface area (Å²) in [7, 11) is 0. The molecule has 0 saturated carbocycles. The zero-order valence-corrected chi connectivity index (χ0v) is 5.38. The van der Waals surface area contributed by atoms with Crippen LogP contribution >= 0.6 is 0 Å². The molecule has 0 aromatic rings. The maximum atomic E-state index is 9.04. The molecule has 3 nitrogen and oxygen atoms in total. The van der Waals surface area contributed by atoms with Crippen LogP contribution in [0.15, 0.2) is 0 Å². The first-order chi connectivity index (χ1) is 4.33. The molecule has 0 aliphatic carbocycles. The van der Waals surface area contributed by atoms with Gasteiger partial charge < -0.3 is 15.5 Å². The van der Waals surface area contributed by atoms with E-state index in [0.717, 1.165) is 13.0 Å². The van der Waals surface area contributed by atoms with Crippen molar-refractivity contribution in [3.05, 3.63) is 0 Å². The van der Waals surface area contributed by atoms with E-state index in [2.05, 4.69) is 5.32 Å². The van der Waals surface area contributed by atoms with Gasteiger partial charge in [0.15, 0.2) is 0 Å². The van der Waals surface area contributed by atoms with E-state index in [1.807, 2.05) is 0 Å². The molecule has 1 rings (SSSR count). The largest absolute Gasteiger partial charge is 0.396 e. The number of aliphatic hydroxyl groups excluding tert-OH is 2. The van der Waals surface area contributed by atoms with Crippen LogP contribution in [0.5, 0.6) is 0 Å². The molecule has 3 N–H and O–H groups in total. The minimum atomic E-state index is -0.254. The Kier molecular flexibility index (Phi) is 2.45. The second-order valence-electron chi connectivity index (χ2n) is 2.60. The molecular formula is C6H13NO2. The Labute approximate surface area is 54.7 Å². The van der Waals surface area contributed by atoms with Crippen LogP contribution in [-0.2, 0) is 0 Å². The van der Waals surface area contributed by atoms with Crippen molar-refractivity contribution in [2.45, 2.75) is 12.5 Å².